The second-order valence-corrected chi connectivity index (χ2v) is 7.92. The molecule has 0 saturated heterocycles. The standard InChI is InChI=1S/C23H19ClN6/c1-13-26-14(2)28-23(27-13)30-11-10-18-19-12-16(24)6-9-20(19)29-21(18)22(30)15-4-7-17(25-3)8-5-15/h4-9,12,22,29H,10-11H2,1-2H3. The van der Waals surface area contributed by atoms with Crippen LogP contribution >= 0.6 is 11.6 Å². The van der Waals surface area contributed by atoms with Gasteiger partial charge in [0.05, 0.1) is 12.6 Å². The van der Waals surface area contributed by atoms with Gasteiger partial charge in [0.2, 0.25) is 5.95 Å². The quantitative estimate of drug-likeness (QED) is 0.450. The van der Waals surface area contributed by atoms with Crippen LogP contribution in [0.2, 0.25) is 5.02 Å². The van der Waals surface area contributed by atoms with E-state index in [4.69, 9.17) is 18.2 Å². The lowest BCUT2D eigenvalue weighted by Crippen LogP contribution is -2.37. The van der Waals surface area contributed by atoms with Crippen molar-refractivity contribution in [3.8, 4) is 0 Å². The number of nitrogens with zero attached hydrogens (tertiary/aromatic N) is 5. The number of anilines is 1. The Labute approximate surface area is 179 Å². The van der Waals surface area contributed by atoms with Crippen LogP contribution in [0.4, 0.5) is 11.6 Å². The summed E-state index contributed by atoms with van der Waals surface area (Å²) in [4.78, 5) is 23.0. The van der Waals surface area contributed by atoms with Gasteiger partial charge >= 0.3 is 0 Å². The van der Waals surface area contributed by atoms with Crippen LogP contribution in [0, 0.1) is 20.4 Å². The average Bonchev–Trinajstić information content (AvgIpc) is 3.10. The second-order valence-electron chi connectivity index (χ2n) is 7.49. The van der Waals surface area contributed by atoms with E-state index in [2.05, 4.69) is 29.7 Å². The molecule has 2 aromatic carbocycles. The topological polar surface area (TPSA) is 62.1 Å². The number of hydrogen-bond acceptors (Lipinski definition) is 4. The Morgan fingerprint density at radius 1 is 1.07 bits per heavy atom. The van der Waals surface area contributed by atoms with Crippen LogP contribution in [0.3, 0.4) is 0 Å². The molecule has 0 amide bonds. The Kier molecular flexibility index (Phi) is 4.41. The van der Waals surface area contributed by atoms with E-state index >= 15 is 0 Å². The van der Waals surface area contributed by atoms with Crippen molar-refractivity contribution >= 4 is 34.1 Å². The van der Waals surface area contributed by atoms with Gasteiger partial charge in [0.1, 0.15) is 11.6 Å². The molecule has 2 aromatic heterocycles. The van der Waals surface area contributed by atoms with Crippen LogP contribution in [-0.4, -0.2) is 26.5 Å². The molecule has 0 saturated carbocycles. The van der Waals surface area contributed by atoms with E-state index in [1.165, 1.54) is 5.56 Å². The van der Waals surface area contributed by atoms with Crippen molar-refractivity contribution in [3.63, 3.8) is 0 Å². The summed E-state index contributed by atoms with van der Waals surface area (Å²) in [6, 6.07) is 13.6. The number of aryl methyl sites for hydroxylation is 2. The second kappa shape index (κ2) is 7.12. The minimum atomic E-state index is -0.0964. The Morgan fingerprint density at radius 3 is 2.50 bits per heavy atom. The minimum absolute atomic E-state index is 0.0964. The number of H-pyrrole nitrogens is 1. The highest BCUT2D eigenvalue weighted by molar-refractivity contribution is 6.31. The van der Waals surface area contributed by atoms with Gasteiger partial charge in [-0.1, -0.05) is 35.9 Å². The summed E-state index contributed by atoms with van der Waals surface area (Å²) in [7, 11) is 0. The molecule has 6 nitrogen and oxygen atoms in total. The lowest BCUT2D eigenvalue weighted by Gasteiger charge is -2.36. The van der Waals surface area contributed by atoms with E-state index in [0.717, 1.165) is 40.1 Å². The molecule has 0 radical (unpaired) electrons. The zero-order valence-corrected chi connectivity index (χ0v) is 17.4. The lowest BCUT2D eigenvalue weighted by atomic mass is 9.92. The summed E-state index contributed by atoms with van der Waals surface area (Å²) in [5.74, 6) is 2.07. The highest BCUT2D eigenvalue weighted by Crippen LogP contribution is 2.40. The third-order valence-corrected chi connectivity index (χ3v) is 5.77. The first-order chi connectivity index (χ1) is 14.5. The van der Waals surface area contributed by atoms with E-state index in [-0.39, 0.29) is 6.04 Å². The summed E-state index contributed by atoms with van der Waals surface area (Å²) < 4.78 is 0. The Hall–Kier alpha value is -3.43. The van der Waals surface area contributed by atoms with E-state index in [1.54, 1.807) is 0 Å². The molecule has 5 rings (SSSR count). The maximum Gasteiger partial charge on any atom is 0.229 e. The zero-order chi connectivity index (χ0) is 20.8. The molecule has 1 atom stereocenters. The number of aromatic nitrogens is 4. The number of benzene rings is 2. The van der Waals surface area contributed by atoms with Crippen molar-refractivity contribution in [2.45, 2.75) is 26.3 Å². The maximum atomic E-state index is 7.26. The van der Waals surface area contributed by atoms with Crippen molar-refractivity contribution < 1.29 is 0 Å². The predicted molar refractivity (Wildman–Crippen MR) is 118 cm³/mol. The third kappa shape index (κ3) is 3.08. The Morgan fingerprint density at radius 2 is 1.80 bits per heavy atom. The van der Waals surface area contributed by atoms with Gasteiger partial charge in [-0.3, -0.25) is 0 Å². The van der Waals surface area contributed by atoms with Crippen LogP contribution < -0.4 is 4.90 Å². The molecule has 30 heavy (non-hydrogen) atoms. The van der Waals surface area contributed by atoms with Crippen molar-refractivity contribution in [3.05, 3.63) is 87.4 Å². The average molecular weight is 415 g/mol. The summed E-state index contributed by atoms with van der Waals surface area (Å²) in [6.07, 6.45) is 0.857. The van der Waals surface area contributed by atoms with Gasteiger partial charge in [-0.25, -0.2) is 9.83 Å². The SMILES string of the molecule is [C-]#[N+]c1ccc(C2c3[nH]c4ccc(Cl)cc4c3CCN2c2nc(C)nc(C)n2)cc1. The highest BCUT2D eigenvalue weighted by Gasteiger charge is 2.33. The highest BCUT2D eigenvalue weighted by atomic mass is 35.5. The summed E-state index contributed by atoms with van der Waals surface area (Å²) in [6.45, 7) is 11.8. The molecule has 1 N–H and O–H groups in total. The number of aromatic amines is 1. The van der Waals surface area contributed by atoms with Crippen molar-refractivity contribution in [2.75, 3.05) is 11.4 Å². The molecule has 148 valence electrons. The van der Waals surface area contributed by atoms with Gasteiger partial charge in [0.25, 0.3) is 0 Å². The summed E-state index contributed by atoms with van der Waals surface area (Å²) in [5.41, 5.74) is 5.15. The van der Waals surface area contributed by atoms with Crippen LogP contribution in [0.5, 0.6) is 0 Å². The minimum Gasteiger partial charge on any atom is -0.356 e. The Bertz CT molecular complexity index is 1280. The fourth-order valence-electron chi connectivity index (χ4n) is 4.28. The molecule has 7 heteroatoms. The summed E-state index contributed by atoms with van der Waals surface area (Å²) >= 11 is 6.28. The molecule has 1 aliphatic heterocycles. The number of hydrogen-bond donors (Lipinski definition) is 1. The fraction of sp³-hybridized carbons (Fsp3) is 0.217. The normalized spacial score (nSPS) is 15.8. The maximum absolute atomic E-state index is 7.26. The van der Waals surface area contributed by atoms with Crippen molar-refractivity contribution in [1.82, 2.24) is 19.9 Å². The number of halogens is 1. The molecular formula is C23H19ClN6. The first-order valence-electron chi connectivity index (χ1n) is 9.77. The van der Waals surface area contributed by atoms with Gasteiger partial charge < -0.3 is 9.88 Å². The lowest BCUT2D eigenvalue weighted by molar-refractivity contribution is 0.620. The molecule has 4 aromatic rings. The van der Waals surface area contributed by atoms with Crippen LogP contribution in [0.1, 0.15) is 34.5 Å². The molecule has 0 spiro atoms. The molecule has 3 heterocycles. The first-order valence-corrected chi connectivity index (χ1v) is 10.1. The fourth-order valence-corrected chi connectivity index (χ4v) is 4.45. The van der Waals surface area contributed by atoms with Gasteiger partial charge in [-0.2, -0.15) is 9.97 Å². The summed E-state index contributed by atoms with van der Waals surface area (Å²) in [5, 5.41) is 1.89. The Balaban J connectivity index is 1.72. The first kappa shape index (κ1) is 18.6. The van der Waals surface area contributed by atoms with E-state index in [9.17, 15) is 0 Å². The molecule has 0 fully saturated rings. The molecular weight excluding hydrogens is 396 g/mol. The van der Waals surface area contributed by atoms with Crippen LogP contribution in [0.25, 0.3) is 15.7 Å². The molecule has 0 aliphatic carbocycles. The monoisotopic (exact) mass is 414 g/mol. The molecule has 0 bridgehead atoms. The van der Waals surface area contributed by atoms with Gasteiger partial charge in [0, 0.05) is 28.2 Å². The van der Waals surface area contributed by atoms with E-state index in [0.29, 0.717) is 23.3 Å². The largest absolute Gasteiger partial charge is 0.356 e. The van der Waals surface area contributed by atoms with E-state index in [1.807, 2.05) is 56.3 Å². The third-order valence-electron chi connectivity index (χ3n) is 5.53. The van der Waals surface area contributed by atoms with Gasteiger partial charge in [0.15, 0.2) is 5.69 Å². The predicted octanol–water partition coefficient (Wildman–Crippen LogP) is 5.33. The van der Waals surface area contributed by atoms with Gasteiger partial charge in [-0.15, -0.1) is 0 Å². The molecule has 1 aliphatic rings. The number of fused-ring (bicyclic) bond motifs is 3. The number of rotatable bonds is 2. The molecule has 1 unspecified atom stereocenters. The van der Waals surface area contributed by atoms with Crippen molar-refractivity contribution in [2.24, 2.45) is 0 Å². The van der Waals surface area contributed by atoms with E-state index < -0.39 is 0 Å². The van der Waals surface area contributed by atoms with Gasteiger partial charge in [-0.05, 0) is 49.6 Å². The van der Waals surface area contributed by atoms with Crippen LogP contribution in [-0.2, 0) is 6.42 Å². The zero-order valence-electron chi connectivity index (χ0n) is 16.6. The van der Waals surface area contributed by atoms with Crippen molar-refractivity contribution in [1.29, 1.82) is 0 Å². The smallest absolute Gasteiger partial charge is 0.229 e. The number of nitrogens with one attached hydrogen (secondary N) is 1. The van der Waals surface area contributed by atoms with Crippen LogP contribution in [0.15, 0.2) is 42.5 Å².